The van der Waals surface area contributed by atoms with Crippen molar-refractivity contribution in [2.24, 2.45) is 62.6 Å². The molecule has 11 atom stereocenters. The third-order valence-electron chi connectivity index (χ3n) is 14.0. The average molecular weight is 427 g/mol. The van der Waals surface area contributed by atoms with Crippen LogP contribution >= 0.6 is 0 Å². The number of fused-ring (bicyclic) bond motifs is 7. The molecule has 0 amide bonds. The van der Waals surface area contributed by atoms with Gasteiger partial charge in [0.2, 0.25) is 0 Å². The summed E-state index contributed by atoms with van der Waals surface area (Å²) in [4.78, 5) is 12.7. The van der Waals surface area contributed by atoms with E-state index in [1.807, 2.05) is 0 Å². The molecule has 0 aromatic carbocycles. The van der Waals surface area contributed by atoms with Gasteiger partial charge in [0.15, 0.2) is 0 Å². The van der Waals surface area contributed by atoms with Crippen molar-refractivity contribution in [2.45, 2.75) is 120 Å². The molecule has 31 heavy (non-hydrogen) atoms. The lowest BCUT2D eigenvalue weighted by atomic mass is 9.29. The zero-order valence-electron chi connectivity index (χ0n) is 21.9. The predicted octanol–water partition coefficient (Wildman–Crippen LogP) is 8.31. The number of hydrogen-bond donors (Lipinski definition) is 0. The Labute approximate surface area is 192 Å². The van der Waals surface area contributed by atoms with Gasteiger partial charge in [0, 0.05) is 12.3 Å². The molecule has 0 radical (unpaired) electrons. The molecule has 5 aliphatic rings. The second-order valence-electron chi connectivity index (χ2n) is 14.7. The molecular weight excluding hydrogens is 376 g/mol. The minimum atomic E-state index is 0.237. The first-order valence-electron chi connectivity index (χ1n) is 13.9. The number of rotatable bonds is 0. The van der Waals surface area contributed by atoms with Crippen LogP contribution < -0.4 is 0 Å². The molecule has 0 N–H and O–H groups in total. The van der Waals surface area contributed by atoms with E-state index in [0.717, 1.165) is 42.4 Å². The summed E-state index contributed by atoms with van der Waals surface area (Å²) in [5.74, 6) is 5.01. The van der Waals surface area contributed by atoms with Crippen molar-refractivity contribution in [2.75, 3.05) is 0 Å². The average Bonchev–Trinajstić information content (AvgIpc) is 2.70. The van der Waals surface area contributed by atoms with Gasteiger partial charge in [0.1, 0.15) is 5.78 Å². The van der Waals surface area contributed by atoms with Gasteiger partial charge >= 0.3 is 0 Å². The van der Waals surface area contributed by atoms with E-state index in [1.54, 1.807) is 0 Å². The van der Waals surface area contributed by atoms with Crippen LogP contribution in [0.3, 0.4) is 0 Å². The SMILES string of the molecule is CC1CCC2(C)CCC3(C)C4CCC5(C)C(C)C(=O)CCC5C4(C)CCC3(C)C2C1C. The highest BCUT2D eigenvalue weighted by Gasteiger charge is 2.71. The lowest BCUT2D eigenvalue weighted by molar-refractivity contribution is -0.262. The number of ketones is 1. The third kappa shape index (κ3) is 2.59. The summed E-state index contributed by atoms with van der Waals surface area (Å²) in [6.07, 6.45) is 13.2. The van der Waals surface area contributed by atoms with Gasteiger partial charge in [-0.3, -0.25) is 4.79 Å². The Morgan fingerprint density at radius 2 is 1.35 bits per heavy atom. The molecule has 11 unspecified atom stereocenters. The standard InChI is InChI=1S/C30H50O/c1-19-11-13-26(4)15-17-29(7)24-12-14-27(5)21(3)22(31)9-10-23(27)28(24,6)16-18-30(29,8)25(26)20(19)2/h19-21,23-25H,9-18H2,1-8H3. The minimum absolute atomic E-state index is 0.237. The fraction of sp³-hybridized carbons (Fsp3) is 0.967. The predicted molar refractivity (Wildman–Crippen MR) is 130 cm³/mol. The van der Waals surface area contributed by atoms with Gasteiger partial charge in [-0.2, -0.15) is 0 Å². The van der Waals surface area contributed by atoms with Crippen LogP contribution in [0.1, 0.15) is 120 Å². The van der Waals surface area contributed by atoms with Crippen molar-refractivity contribution < 1.29 is 4.79 Å². The number of Topliss-reactive ketones (excluding diaryl/α,β-unsaturated/α-hetero) is 1. The van der Waals surface area contributed by atoms with E-state index < -0.39 is 0 Å². The van der Waals surface area contributed by atoms with Gasteiger partial charge < -0.3 is 0 Å². The van der Waals surface area contributed by atoms with Crippen molar-refractivity contribution in [1.29, 1.82) is 0 Å². The summed E-state index contributed by atoms with van der Waals surface area (Å²) in [6, 6.07) is 0. The molecule has 0 heterocycles. The smallest absolute Gasteiger partial charge is 0.136 e. The first kappa shape index (κ1) is 22.5. The van der Waals surface area contributed by atoms with Gasteiger partial charge in [0.05, 0.1) is 0 Å². The van der Waals surface area contributed by atoms with Crippen LogP contribution in [0.25, 0.3) is 0 Å². The monoisotopic (exact) mass is 426 g/mol. The Balaban J connectivity index is 1.56. The van der Waals surface area contributed by atoms with Crippen LogP contribution in [-0.4, -0.2) is 5.78 Å². The summed E-state index contributed by atoms with van der Waals surface area (Å²) in [6.45, 7) is 20.8. The molecule has 0 bridgehead atoms. The molecule has 0 aromatic heterocycles. The Kier molecular flexibility index (Phi) is 4.80. The Morgan fingerprint density at radius 3 is 2.06 bits per heavy atom. The molecule has 1 nitrogen and oxygen atoms in total. The van der Waals surface area contributed by atoms with Crippen molar-refractivity contribution in [3.05, 3.63) is 0 Å². The zero-order chi connectivity index (χ0) is 22.6. The van der Waals surface area contributed by atoms with Crippen LogP contribution in [0.2, 0.25) is 0 Å². The molecule has 176 valence electrons. The minimum Gasteiger partial charge on any atom is -0.299 e. The Hall–Kier alpha value is -0.330. The van der Waals surface area contributed by atoms with E-state index in [9.17, 15) is 4.79 Å². The largest absolute Gasteiger partial charge is 0.299 e. The van der Waals surface area contributed by atoms with E-state index in [2.05, 4.69) is 55.4 Å². The Morgan fingerprint density at radius 1 is 0.677 bits per heavy atom. The van der Waals surface area contributed by atoms with Crippen molar-refractivity contribution in [3.63, 3.8) is 0 Å². The second-order valence-corrected chi connectivity index (χ2v) is 14.7. The number of hydrogen-bond acceptors (Lipinski definition) is 1. The first-order chi connectivity index (χ1) is 14.3. The van der Waals surface area contributed by atoms with Crippen LogP contribution in [0.15, 0.2) is 0 Å². The van der Waals surface area contributed by atoms with E-state index in [-0.39, 0.29) is 11.3 Å². The third-order valence-corrected chi connectivity index (χ3v) is 14.0. The van der Waals surface area contributed by atoms with Crippen LogP contribution in [0.5, 0.6) is 0 Å². The number of carbonyl (C=O) groups excluding carboxylic acids is 1. The van der Waals surface area contributed by atoms with Crippen LogP contribution in [0.4, 0.5) is 0 Å². The molecule has 1 heteroatoms. The molecule has 0 aliphatic heterocycles. The van der Waals surface area contributed by atoms with Gasteiger partial charge in [-0.15, -0.1) is 0 Å². The van der Waals surface area contributed by atoms with Crippen molar-refractivity contribution >= 4 is 5.78 Å². The normalized spacial score (nSPS) is 61.6. The first-order valence-corrected chi connectivity index (χ1v) is 13.9. The van der Waals surface area contributed by atoms with Crippen LogP contribution in [0, 0.1) is 62.6 Å². The van der Waals surface area contributed by atoms with Gasteiger partial charge in [-0.1, -0.05) is 55.4 Å². The van der Waals surface area contributed by atoms with Gasteiger partial charge in [0.25, 0.3) is 0 Å². The lowest BCUT2D eigenvalue weighted by Gasteiger charge is -2.75. The van der Waals surface area contributed by atoms with Gasteiger partial charge in [-0.25, -0.2) is 0 Å². The van der Waals surface area contributed by atoms with Crippen LogP contribution in [-0.2, 0) is 4.79 Å². The highest BCUT2D eigenvalue weighted by molar-refractivity contribution is 5.82. The molecule has 0 spiro atoms. The molecular formula is C30H50O. The highest BCUT2D eigenvalue weighted by Crippen LogP contribution is 2.78. The molecule has 0 saturated heterocycles. The maximum atomic E-state index is 12.7. The Bertz CT molecular complexity index is 770. The van der Waals surface area contributed by atoms with E-state index in [0.29, 0.717) is 27.4 Å². The fourth-order valence-electron chi connectivity index (χ4n) is 11.7. The summed E-state index contributed by atoms with van der Waals surface area (Å²) in [5.41, 5.74) is 2.15. The zero-order valence-corrected chi connectivity index (χ0v) is 21.9. The fourth-order valence-corrected chi connectivity index (χ4v) is 11.7. The summed E-state index contributed by atoms with van der Waals surface area (Å²) >= 11 is 0. The summed E-state index contributed by atoms with van der Waals surface area (Å²) < 4.78 is 0. The topological polar surface area (TPSA) is 17.1 Å². The highest BCUT2D eigenvalue weighted by atomic mass is 16.1. The lowest BCUT2D eigenvalue weighted by Crippen LogP contribution is -2.68. The molecule has 0 aromatic rings. The van der Waals surface area contributed by atoms with Gasteiger partial charge in [-0.05, 0) is 114 Å². The molecule has 5 aliphatic carbocycles. The molecule has 5 fully saturated rings. The number of carbonyl (C=O) groups is 1. The quantitative estimate of drug-likeness (QED) is 0.380. The second kappa shape index (κ2) is 6.63. The van der Waals surface area contributed by atoms with E-state index in [4.69, 9.17) is 0 Å². The maximum absolute atomic E-state index is 12.7. The summed E-state index contributed by atoms with van der Waals surface area (Å²) in [7, 11) is 0. The molecule has 5 rings (SSSR count). The van der Waals surface area contributed by atoms with E-state index >= 15 is 0 Å². The van der Waals surface area contributed by atoms with Crippen molar-refractivity contribution in [3.8, 4) is 0 Å². The van der Waals surface area contributed by atoms with E-state index in [1.165, 1.54) is 51.4 Å². The van der Waals surface area contributed by atoms with Crippen molar-refractivity contribution in [1.82, 2.24) is 0 Å². The summed E-state index contributed by atoms with van der Waals surface area (Å²) in [5, 5.41) is 0. The maximum Gasteiger partial charge on any atom is 0.136 e. The molecule has 5 saturated carbocycles.